The van der Waals surface area contributed by atoms with Gasteiger partial charge in [-0.1, -0.05) is 6.92 Å². The van der Waals surface area contributed by atoms with Crippen LogP contribution in [0, 0.1) is 5.41 Å². The number of nitrogens with zero attached hydrogens (tertiary/aromatic N) is 1. The number of nitrogens with one attached hydrogen (secondary N) is 1. The van der Waals surface area contributed by atoms with Crippen molar-refractivity contribution in [2.75, 3.05) is 26.3 Å². The van der Waals surface area contributed by atoms with Crippen LogP contribution in [0.4, 0.5) is 0 Å². The van der Waals surface area contributed by atoms with Crippen molar-refractivity contribution in [2.45, 2.75) is 39.2 Å². The monoisotopic (exact) mass is 254 g/mol. The lowest BCUT2D eigenvalue weighted by molar-refractivity contribution is -0.139. The first kappa shape index (κ1) is 13.3. The molecule has 1 heterocycles. The van der Waals surface area contributed by atoms with Crippen LogP contribution < -0.4 is 5.32 Å². The highest BCUT2D eigenvalue weighted by atomic mass is 16.5. The Kier molecular flexibility index (Phi) is 3.90. The molecule has 1 aliphatic carbocycles. The summed E-state index contributed by atoms with van der Waals surface area (Å²) in [5, 5.41) is 3.02. The number of hydrogen-bond acceptors (Lipinski definition) is 3. The lowest BCUT2D eigenvalue weighted by atomic mass is 10.0. The van der Waals surface area contributed by atoms with Gasteiger partial charge >= 0.3 is 0 Å². The van der Waals surface area contributed by atoms with Crippen LogP contribution in [0.5, 0.6) is 0 Å². The molecule has 102 valence electrons. The highest BCUT2D eigenvalue weighted by Gasteiger charge is 2.51. The van der Waals surface area contributed by atoms with Crippen LogP contribution in [0.3, 0.4) is 0 Å². The van der Waals surface area contributed by atoms with Crippen molar-refractivity contribution in [1.29, 1.82) is 0 Å². The molecule has 0 spiro atoms. The number of carbonyl (C=O) groups is 2. The van der Waals surface area contributed by atoms with Gasteiger partial charge in [0, 0.05) is 26.1 Å². The van der Waals surface area contributed by atoms with Crippen molar-refractivity contribution >= 4 is 11.8 Å². The summed E-state index contributed by atoms with van der Waals surface area (Å²) in [6.45, 7) is 6.28. The molecular formula is C13H22N2O3. The van der Waals surface area contributed by atoms with E-state index in [0.29, 0.717) is 32.7 Å². The second-order valence-electron chi connectivity index (χ2n) is 5.24. The van der Waals surface area contributed by atoms with Gasteiger partial charge in [0.2, 0.25) is 11.8 Å². The fourth-order valence-corrected chi connectivity index (χ4v) is 2.22. The van der Waals surface area contributed by atoms with Gasteiger partial charge in [0.25, 0.3) is 0 Å². The van der Waals surface area contributed by atoms with Crippen LogP contribution in [-0.4, -0.2) is 49.1 Å². The van der Waals surface area contributed by atoms with Crippen LogP contribution in [0.15, 0.2) is 0 Å². The van der Waals surface area contributed by atoms with Gasteiger partial charge in [-0.2, -0.15) is 0 Å². The molecule has 1 aliphatic heterocycles. The van der Waals surface area contributed by atoms with Crippen LogP contribution in [-0.2, 0) is 14.3 Å². The Morgan fingerprint density at radius 3 is 2.50 bits per heavy atom. The van der Waals surface area contributed by atoms with E-state index in [1.54, 1.807) is 4.90 Å². The van der Waals surface area contributed by atoms with Gasteiger partial charge in [-0.15, -0.1) is 0 Å². The van der Waals surface area contributed by atoms with E-state index in [1.807, 2.05) is 13.8 Å². The third kappa shape index (κ3) is 2.66. The smallest absolute Gasteiger partial charge is 0.228 e. The molecule has 2 rings (SSSR count). The van der Waals surface area contributed by atoms with E-state index in [1.165, 1.54) is 0 Å². The van der Waals surface area contributed by atoms with E-state index >= 15 is 0 Å². The van der Waals surface area contributed by atoms with E-state index in [9.17, 15) is 9.59 Å². The SMILES string of the molecule is CCOCC1(C(=O)NC2CN(C(=O)CC)C2)CC1. The topological polar surface area (TPSA) is 58.6 Å². The maximum atomic E-state index is 12.1. The third-order valence-corrected chi connectivity index (χ3v) is 3.79. The first-order valence-corrected chi connectivity index (χ1v) is 6.78. The molecule has 0 aromatic heterocycles. The molecular weight excluding hydrogens is 232 g/mol. The fraction of sp³-hybridized carbons (Fsp3) is 0.846. The molecule has 2 aliphatic rings. The minimum Gasteiger partial charge on any atom is -0.381 e. The Morgan fingerprint density at radius 1 is 1.33 bits per heavy atom. The summed E-state index contributed by atoms with van der Waals surface area (Å²) in [4.78, 5) is 25.2. The van der Waals surface area contributed by atoms with E-state index in [-0.39, 0.29) is 23.3 Å². The third-order valence-electron chi connectivity index (χ3n) is 3.79. The van der Waals surface area contributed by atoms with Crippen LogP contribution in [0.1, 0.15) is 33.1 Å². The standard InChI is InChI=1S/C13H22N2O3/c1-3-11(16)15-7-10(8-15)14-12(17)13(5-6-13)9-18-4-2/h10H,3-9H2,1-2H3,(H,14,17). The van der Waals surface area contributed by atoms with Gasteiger partial charge in [-0.25, -0.2) is 0 Å². The molecule has 1 saturated heterocycles. The molecule has 0 atom stereocenters. The molecule has 1 N–H and O–H groups in total. The van der Waals surface area contributed by atoms with Crippen molar-refractivity contribution in [3.8, 4) is 0 Å². The summed E-state index contributed by atoms with van der Waals surface area (Å²) in [7, 11) is 0. The number of hydrogen-bond donors (Lipinski definition) is 1. The van der Waals surface area contributed by atoms with E-state index in [2.05, 4.69) is 5.32 Å². The molecule has 5 nitrogen and oxygen atoms in total. The molecule has 2 amide bonds. The number of likely N-dealkylation sites (tertiary alicyclic amines) is 1. The second kappa shape index (κ2) is 5.26. The molecule has 1 saturated carbocycles. The highest BCUT2D eigenvalue weighted by molar-refractivity contribution is 5.86. The van der Waals surface area contributed by atoms with Crippen molar-refractivity contribution in [2.24, 2.45) is 5.41 Å². The molecule has 0 aromatic rings. The van der Waals surface area contributed by atoms with Crippen molar-refractivity contribution in [3.63, 3.8) is 0 Å². The number of amides is 2. The highest BCUT2D eigenvalue weighted by Crippen LogP contribution is 2.46. The lowest BCUT2D eigenvalue weighted by Crippen LogP contribution is -2.61. The molecule has 2 fully saturated rings. The Bertz CT molecular complexity index is 333. The Balaban J connectivity index is 1.72. The summed E-state index contributed by atoms with van der Waals surface area (Å²) in [5.41, 5.74) is -0.273. The minimum absolute atomic E-state index is 0.101. The number of ether oxygens (including phenoxy) is 1. The number of rotatable bonds is 6. The molecule has 5 heteroatoms. The quantitative estimate of drug-likeness (QED) is 0.752. The van der Waals surface area contributed by atoms with E-state index in [0.717, 1.165) is 12.8 Å². The Labute approximate surface area is 108 Å². The molecule has 18 heavy (non-hydrogen) atoms. The van der Waals surface area contributed by atoms with E-state index < -0.39 is 0 Å². The zero-order chi connectivity index (χ0) is 13.2. The first-order chi connectivity index (χ1) is 8.61. The largest absolute Gasteiger partial charge is 0.381 e. The zero-order valence-electron chi connectivity index (χ0n) is 11.2. The average molecular weight is 254 g/mol. The number of carbonyl (C=O) groups excluding carboxylic acids is 2. The van der Waals surface area contributed by atoms with Crippen LogP contribution >= 0.6 is 0 Å². The van der Waals surface area contributed by atoms with Crippen LogP contribution in [0.2, 0.25) is 0 Å². The van der Waals surface area contributed by atoms with Crippen molar-refractivity contribution in [3.05, 3.63) is 0 Å². The fourth-order valence-electron chi connectivity index (χ4n) is 2.22. The summed E-state index contributed by atoms with van der Waals surface area (Å²) in [5.74, 6) is 0.264. The van der Waals surface area contributed by atoms with Crippen LogP contribution in [0.25, 0.3) is 0 Å². The van der Waals surface area contributed by atoms with Gasteiger partial charge < -0.3 is 15.0 Å². The predicted molar refractivity (Wildman–Crippen MR) is 67.0 cm³/mol. The first-order valence-electron chi connectivity index (χ1n) is 6.78. The summed E-state index contributed by atoms with van der Waals surface area (Å²) >= 11 is 0. The molecule has 0 aromatic carbocycles. The molecule has 0 radical (unpaired) electrons. The average Bonchev–Trinajstić information content (AvgIpc) is 3.10. The molecule has 0 bridgehead atoms. The van der Waals surface area contributed by atoms with Crippen molar-refractivity contribution < 1.29 is 14.3 Å². The van der Waals surface area contributed by atoms with E-state index in [4.69, 9.17) is 4.74 Å². The van der Waals surface area contributed by atoms with Crippen molar-refractivity contribution in [1.82, 2.24) is 10.2 Å². The maximum absolute atomic E-state index is 12.1. The minimum atomic E-state index is -0.273. The normalized spacial score (nSPS) is 21.3. The summed E-state index contributed by atoms with van der Waals surface area (Å²) in [6, 6.07) is 0.132. The van der Waals surface area contributed by atoms with Gasteiger partial charge in [0.15, 0.2) is 0 Å². The van der Waals surface area contributed by atoms with Gasteiger partial charge in [-0.05, 0) is 19.8 Å². The zero-order valence-corrected chi connectivity index (χ0v) is 11.2. The molecule has 0 unspecified atom stereocenters. The van der Waals surface area contributed by atoms with Gasteiger partial charge in [-0.3, -0.25) is 9.59 Å². The Hall–Kier alpha value is -1.10. The van der Waals surface area contributed by atoms with Gasteiger partial charge in [0.1, 0.15) is 0 Å². The van der Waals surface area contributed by atoms with Gasteiger partial charge in [0.05, 0.1) is 18.1 Å². The predicted octanol–water partition coefficient (Wildman–Crippen LogP) is 0.540. The Morgan fingerprint density at radius 2 is 2.00 bits per heavy atom. The maximum Gasteiger partial charge on any atom is 0.228 e. The summed E-state index contributed by atoms with van der Waals surface area (Å²) < 4.78 is 5.37. The summed E-state index contributed by atoms with van der Waals surface area (Å²) in [6.07, 6.45) is 2.38. The lowest BCUT2D eigenvalue weighted by Gasteiger charge is -2.40. The second-order valence-corrected chi connectivity index (χ2v) is 5.24.